The fourth-order valence-corrected chi connectivity index (χ4v) is 13.3. The van der Waals surface area contributed by atoms with E-state index in [4.69, 9.17) is 23.9 Å². The summed E-state index contributed by atoms with van der Waals surface area (Å²) in [5, 5.41) is 36.4. The summed E-state index contributed by atoms with van der Waals surface area (Å²) in [7, 11) is 1.58. The van der Waals surface area contributed by atoms with Crippen LogP contribution in [0.4, 0.5) is 5.82 Å². The number of aryl methyl sites for hydroxylation is 2. The van der Waals surface area contributed by atoms with Gasteiger partial charge >= 0.3 is 5.78 Å². The third-order valence-electron chi connectivity index (χ3n) is 17.6. The number of carbonyl (C=O) groups excluding carboxylic acids is 1. The highest BCUT2D eigenvalue weighted by molar-refractivity contribution is 6.05. The maximum absolute atomic E-state index is 12.3. The molecule has 4 atom stereocenters. The van der Waals surface area contributed by atoms with Gasteiger partial charge in [-0.2, -0.15) is 0 Å². The lowest BCUT2D eigenvalue weighted by atomic mass is 9.57. The first-order chi connectivity index (χ1) is 37.2. The third-order valence-corrected chi connectivity index (χ3v) is 17.6. The number of phenols is 1. The van der Waals surface area contributed by atoms with Crippen LogP contribution < -0.4 is 34.1 Å². The first-order valence-electron chi connectivity index (χ1n) is 28.0. The molecule has 398 valence electrons. The van der Waals surface area contributed by atoms with Crippen molar-refractivity contribution in [2.75, 3.05) is 51.5 Å². The predicted molar refractivity (Wildman–Crippen MR) is 300 cm³/mol. The van der Waals surface area contributed by atoms with Gasteiger partial charge in [-0.15, -0.1) is 0 Å². The normalized spacial score (nSPS) is 21.5. The lowest BCUT2D eigenvalue weighted by molar-refractivity contribution is 0.107. The standard InChI is InChI=1S/C65H74N3O8/c1-3-50-38-54-48-13-9-12-44(37-48)17-25-53-59-58(55(72)39-56(76-59)47-18-23-51(70)24-19-47)61(74-35-26-52(71)22-16-43-10-5-4-6-11-43)62(73-2)60(53)75-42-46(41-69)36-45-14-20-49(21-15-45)65(31-29-64(30-32-65)27-7-8-28-64)57-40-66-33-34-68(57)63(54)67-50/h4-6,9-16,18-24,37-38,46,52,56-57,66,69-71H,3,7-8,17,25-36,39-42H2,1-2H3/q-1/p+1/b22-16+/t46-,52+,56?,57+/m1/s1. The van der Waals surface area contributed by atoms with Crippen LogP contribution in [0.3, 0.4) is 0 Å². The number of fused-ring (bicyclic) bond motifs is 7. The number of piperazine rings is 1. The Morgan fingerprint density at radius 3 is 2.41 bits per heavy atom. The molecule has 11 heteroatoms. The summed E-state index contributed by atoms with van der Waals surface area (Å²) >= 11 is 0. The molecule has 5 aromatic carbocycles. The van der Waals surface area contributed by atoms with Gasteiger partial charge in [-0.1, -0.05) is 140 Å². The van der Waals surface area contributed by atoms with Gasteiger partial charge in [0.25, 0.3) is 0 Å². The molecule has 4 bridgehead atoms. The molecule has 3 fully saturated rings. The number of aliphatic hydroxyl groups excluding tert-OH is 2. The number of hydrogen-bond donors (Lipinski definition) is 4. The van der Waals surface area contributed by atoms with Crippen LogP contribution in [0.1, 0.15) is 122 Å². The van der Waals surface area contributed by atoms with Gasteiger partial charge in [0.15, 0.2) is 17.1 Å². The Bertz CT molecular complexity index is 2990. The van der Waals surface area contributed by atoms with Crippen LogP contribution in [0.2, 0.25) is 0 Å². The average Bonchev–Trinajstić information content (AvgIpc) is 4.18. The summed E-state index contributed by atoms with van der Waals surface area (Å²) in [6, 6.07) is 37.4. The fourth-order valence-electron chi connectivity index (χ4n) is 13.3. The molecule has 2 saturated carbocycles. The van der Waals surface area contributed by atoms with Crippen molar-refractivity contribution in [2.24, 2.45) is 11.3 Å². The zero-order chi connectivity index (χ0) is 52.2. The van der Waals surface area contributed by atoms with Crippen molar-refractivity contribution >= 4 is 17.7 Å². The fraction of sp³-hybridized carbons (Fsp3) is 0.431. The number of aromatic nitrogens is 1. The Labute approximate surface area is 448 Å². The van der Waals surface area contributed by atoms with Crippen LogP contribution >= 0.6 is 0 Å². The number of nitrogens with one attached hydrogen (secondary N) is 1. The molecule has 11 nitrogen and oxygen atoms in total. The van der Waals surface area contributed by atoms with Crippen LogP contribution in [-0.4, -0.2) is 84.6 Å². The van der Waals surface area contributed by atoms with Gasteiger partial charge < -0.3 is 49.5 Å². The molecule has 6 aliphatic rings. The SMILES string of the molecule is CCc1cc2c([n-]1)N1CCNC[C@H]1C1(CCC3(CCCC3)CC1)c1ccc(cc1)C[C@H](CO)COc1c(c3c(c(OCC[C@@H](O)/C=C/c4ccccc4)c1OC)C(=[OH+])CC(c1ccc(O)cc1)O3)CCc1cccc-2c1. The van der Waals surface area contributed by atoms with Gasteiger partial charge in [-0.25, -0.2) is 0 Å². The second-order valence-electron chi connectivity index (χ2n) is 22.3. The zero-order valence-corrected chi connectivity index (χ0v) is 44.3. The van der Waals surface area contributed by atoms with Gasteiger partial charge in [0.1, 0.15) is 24.0 Å². The van der Waals surface area contributed by atoms with Crippen molar-refractivity contribution < 1.29 is 39.1 Å². The van der Waals surface area contributed by atoms with Crippen LogP contribution in [0.15, 0.2) is 115 Å². The number of phenolic OH excluding ortho intramolecular Hbond substituents is 1. The Balaban J connectivity index is 1.02. The van der Waals surface area contributed by atoms with Gasteiger partial charge in [-0.05, 0) is 152 Å². The van der Waals surface area contributed by atoms with E-state index in [1.165, 1.54) is 44.1 Å². The molecule has 2 spiro atoms. The number of nitrogens with zero attached hydrogens (tertiary/aromatic N) is 2. The number of anilines is 1. The third kappa shape index (κ3) is 10.5. The molecule has 5 heterocycles. The zero-order valence-electron chi connectivity index (χ0n) is 44.3. The highest BCUT2D eigenvalue weighted by Crippen LogP contribution is 2.57. The number of benzene rings is 5. The monoisotopic (exact) mass is 1030 g/mol. The van der Waals surface area contributed by atoms with E-state index >= 15 is 0 Å². The summed E-state index contributed by atoms with van der Waals surface area (Å²) in [6.45, 7) is 5.00. The highest BCUT2D eigenvalue weighted by Gasteiger charge is 2.49. The van der Waals surface area contributed by atoms with Gasteiger partial charge in [0, 0.05) is 24.5 Å². The Hall–Kier alpha value is -6.53. The molecule has 1 aromatic heterocycles. The lowest BCUT2D eigenvalue weighted by Crippen LogP contribution is -2.62. The number of aliphatic hydroxyl groups is 2. The second kappa shape index (κ2) is 22.6. The highest BCUT2D eigenvalue weighted by atomic mass is 16.5. The van der Waals surface area contributed by atoms with Gasteiger partial charge in [-0.3, -0.25) is 4.79 Å². The van der Waals surface area contributed by atoms with E-state index in [1.807, 2.05) is 48.5 Å². The first kappa shape index (κ1) is 51.6. The molecule has 2 aliphatic carbocycles. The molecule has 1 saturated heterocycles. The summed E-state index contributed by atoms with van der Waals surface area (Å²) in [4.78, 5) is 20.4. The van der Waals surface area contributed by atoms with Crippen molar-refractivity contribution in [3.05, 3.63) is 160 Å². The largest absolute Gasteiger partial charge is 0.508 e. The number of rotatable bonds is 10. The maximum Gasteiger partial charge on any atom is 0.335 e. The smallest absolute Gasteiger partial charge is 0.335 e. The van der Waals surface area contributed by atoms with Crippen molar-refractivity contribution in [3.63, 3.8) is 0 Å². The Morgan fingerprint density at radius 2 is 1.66 bits per heavy atom. The van der Waals surface area contributed by atoms with Crippen LogP contribution in [-0.2, 0) is 31.1 Å². The lowest BCUT2D eigenvalue weighted by Gasteiger charge is -2.58. The minimum absolute atomic E-state index is 0.0623. The van der Waals surface area contributed by atoms with Crippen molar-refractivity contribution in [2.45, 2.75) is 120 Å². The van der Waals surface area contributed by atoms with Crippen LogP contribution in [0.5, 0.6) is 28.7 Å². The average molecular weight is 1030 g/mol. The van der Waals surface area contributed by atoms with Gasteiger partial charge in [0.2, 0.25) is 5.75 Å². The van der Waals surface area contributed by atoms with E-state index in [1.54, 1.807) is 25.3 Å². The molecule has 0 radical (unpaired) electrons. The second-order valence-corrected chi connectivity index (χ2v) is 22.3. The number of hydrogen-bond acceptors (Lipinski definition) is 9. The van der Waals surface area contributed by atoms with Crippen molar-refractivity contribution in [3.8, 4) is 39.9 Å². The Kier molecular flexibility index (Phi) is 15.3. The van der Waals surface area contributed by atoms with Gasteiger partial charge in [0.05, 0.1) is 26.4 Å². The summed E-state index contributed by atoms with van der Waals surface area (Å²) in [6.07, 6.45) is 15.3. The maximum atomic E-state index is 12.3. The van der Waals surface area contributed by atoms with E-state index in [-0.39, 0.29) is 67.3 Å². The van der Waals surface area contributed by atoms with Crippen molar-refractivity contribution in [1.82, 2.24) is 10.3 Å². The van der Waals surface area contributed by atoms with E-state index in [2.05, 4.69) is 71.7 Å². The minimum Gasteiger partial charge on any atom is -0.508 e. The summed E-state index contributed by atoms with van der Waals surface area (Å²) in [5.41, 5.74) is 10.2. The minimum atomic E-state index is -0.807. The molecule has 1 unspecified atom stereocenters. The van der Waals surface area contributed by atoms with Crippen LogP contribution in [0.25, 0.3) is 17.2 Å². The first-order valence-corrected chi connectivity index (χ1v) is 28.0. The van der Waals surface area contributed by atoms with E-state index in [9.17, 15) is 20.1 Å². The molecule has 6 aromatic rings. The summed E-state index contributed by atoms with van der Waals surface area (Å²) < 4.78 is 27.0. The molecular formula is C65H75N3O8. The Morgan fingerprint density at radius 1 is 0.868 bits per heavy atom. The van der Waals surface area contributed by atoms with Crippen LogP contribution in [0, 0.1) is 11.3 Å². The van der Waals surface area contributed by atoms with E-state index < -0.39 is 12.2 Å². The molecule has 4 aliphatic heterocycles. The van der Waals surface area contributed by atoms with E-state index in [0.29, 0.717) is 53.1 Å². The summed E-state index contributed by atoms with van der Waals surface area (Å²) in [5.74, 6) is 2.39. The number of methoxy groups -OCH3 is 1. The number of aromatic hydroxyl groups is 1. The number of ether oxygens (including phenoxy) is 4. The topological polar surface area (TPSA) is 148 Å². The molecule has 76 heavy (non-hydrogen) atoms. The predicted octanol–water partition coefficient (Wildman–Crippen LogP) is 11.0. The quantitative estimate of drug-likeness (QED) is 0.0978. The van der Waals surface area contributed by atoms with E-state index in [0.717, 1.165) is 83.8 Å². The molecule has 0 amide bonds. The number of ketones is 1. The van der Waals surface area contributed by atoms with Crippen molar-refractivity contribution in [1.29, 1.82) is 0 Å². The molecular weight excluding hydrogens is 951 g/mol. The molecule has 12 rings (SSSR count). The molecule has 5 N–H and O–H groups in total.